The largest absolute Gasteiger partial charge is 0.344 e. The van der Waals surface area contributed by atoms with Crippen molar-refractivity contribution in [2.75, 3.05) is 0 Å². The van der Waals surface area contributed by atoms with Crippen LogP contribution in [-0.4, -0.2) is 32.7 Å². The van der Waals surface area contributed by atoms with Gasteiger partial charge in [0.2, 0.25) is 5.91 Å². The molecule has 1 aromatic heterocycles. The second-order valence-electron chi connectivity index (χ2n) is 7.64. The molecule has 144 valence electrons. The predicted octanol–water partition coefficient (Wildman–Crippen LogP) is 3.42. The number of carbonyl (C=O) groups is 2. The van der Waals surface area contributed by atoms with Crippen LogP contribution in [0.25, 0.3) is 11.0 Å². The number of imidazole rings is 1. The first-order valence-electron chi connectivity index (χ1n) is 9.59. The summed E-state index contributed by atoms with van der Waals surface area (Å²) < 4.78 is 0. The summed E-state index contributed by atoms with van der Waals surface area (Å²) in [6.07, 6.45) is 0. The van der Waals surface area contributed by atoms with Crippen molar-refractivity contribution in [2.45, 2.75) is 39.4 Å². The summed E-state index contributed by atoms with van der Waals surface area (Å²) in [6, 6.07) is 14.5. The third-order valence-corrected chi connectivity index (χ3v) is 5.36. The lowest BCUT2D eigenvalue weighted by Gasteiger charge is -2.27. The highest BCUT2D eigenvalue weighted by Gasteiger charge is 2.35. The Bertz CT molecular complexity index is 1010. The minimum atomic E-state index is -0.564. The van der Waals surface area contributed by atoms with Crippen LogP contribution in [0, 0.1) is 5.92 Å². The molecule has 0 aliphatic carbocycles. The number of fused-ring (bicyclic) bond motifs is 2. The van der Waals surface area contributed by atoms with Gasteiger partial charge in [0.25, 0.3) is 5.91 Å². The molecule has 0 spiro atoms. The number of nitrogens with one attached hydrogen (secondary N) is 2. The van der Waals surface area contributed by atoms with Gasteiger partial charge in [0.1, 0.15) is 11.9 Å². The number of H-pyrrole nitrogens is 1. The van der Waals surface area contributed by atoms with E-state index in [-0.39, 0.29) is 23.8 Å². The summed E-state index contributed by atoms with van der Waals surface area (Å²) in [7, 11) is 0. The number of benzene rings is 2. The second kappa shape index (κ2) is 7.11. The molecule has 0 saturated heterocycles. The lowest BCUT2D eigenvalue weighted by molar-refractivity contribution is -0.126. The minimum absolute atomic E-state index is 0.0944. The van der Waals surface area contributed by atoms with E-state index in [4.69, 9.17) is 0 Å². The summed E-state index contributed by atoms with van der Waals surface area (Å²) in [4.78, 5) is 35.2. The molecule has 1 aliphatic heterocycles. The topological polar surface area (TPSA) is 78.1 Å². The van der Waals surface area contributed by atoms with E-state index in [1.54, 1.807) is 11.8 Å². The molecule has 6 nitrogen and oxygen atoms in total. The van der Waals surface area contributed by atoms with Gasteiger partial charge in [0.15, 0.2) is 0 Å². The fourth-order valence-corrected chi connectivity index (χ4v) is 3.68. The molecule has 2 atom stereocenters. The average Bonchev–Trinajstić information content (AvgIpc) is 3.26. The van der Waals surface area contributed by atoms with Crippen LogP contribution in [0.5, 0.6) is 0 Å². The Hall–Kier alpha value is -3.15. The zero-order chi connectivity index (χ0) is 19.8. The molecule has 0 saturated carbocycles. The fourth-order valence-electron chi connectivity index (χ4n) is 3.68. The van der Waals surface area contributed by atoms with E-state index < -0.39 is 6.04 Å². The van der Waals surface area contributed by atoms with E-state index in [1.165, 1.54) is 0 Å². The Kier molecular flexibility index (Phi) is 4.63. The van der Waals surface area contributed by atoms with Crippen LogP contribution in [0.4, 0.5) is 0 Å². The molecule has 3 aromatic rings. The second-order valence-corrected chi connectivity index (χ2v) is 7.64. The normalized spacial score (nSPS) is 15.7. The molecule has 28 heavy (non-hydrogen) atoms. The maximum absolute atomic E-state index is 13.0. The van der Waals surface area contributed by atoms with E-state index in [0.29, 0.717) is 12.1 Å². The SMILES string of the molecule is CC(C)[C@@H](NC(=O)[C@H](C)N1Cc2ccccc2C1=O)c1nc2ccccc2[nH]1. The number of nitrogens with zero attached hydrogens (tertiary/aromatic N) is 2. The van der Waals surface area contributed by atoms with Crippen molar-refractivity contribution in [1.29, 1.82) is 0 Å². The zero-order valence-corrected chi connectivity index (χ0v) is 16.3. The number of aromatic amines is 1. The Labute approximate surface area is 164 Å². The molecule has 2 amide bonds. The van der Waals surface area contributed by atoms with Crippen LogP contribution in [0.15, 0.2) is 48.5 Å². The van der Waals surface area contributed by atoms with E-state index in [1.807, 2.05) is 62.4 Å². The van der Waals surface area contributed by atoms with E-state index >= 15 is 0 Å². The molecular formula is C22H24N4O2. The van der Waals surface area contributed by atoms with Gasteiger partial charge >= 0.3 is 0 Å². The van der Waals surface area contributed by atoms with Crippen LogP contribution in [0.3, 0.4) is 0 Å². The Morgan fingerprint density at radius 3 is 2.54 bits per heavy atom. The first-order chi connectivity index (χ1) is 13.5. The molecule has 6 heteroatoms. The van der Waals surface area contributed by atoms with Gasteiger partial charge in [0.05, 0.1) is 17.1 Å². The van der Waals surface area contributed by atoms with Gasteiger partial charge in [-0.3, -0.25) is 9.59 Å². The number of amides is 2. The maximum Gasteiger partial charge on any atom is 0.255 e. The van der Waals surface area contributed by atoms with Gasteiger partial charge in [-0.1, -0.05) is 44.2 Å². The first-order valence-corrected chi connectivity index (χ1v) is 9.59. The average molecular weight is 376 g/mol. The lowest BCUT2D eigenvalue weighted by Crippen LogP contribution is -2.47. The monoisotopic (exact) mass is 376 g/mol. The molecule has 1 aliphatic rings. The molecule has 2 N–H and O–H groups in total. The van der Waals surface area contributed by atoms with Crippen LogP contribution in [0.2, 0.25) is 0 Å². The van der Waals surface area contributed by atoms with Crippen LogP contribution < -0.4 is 5.32 Å². The number of rotatable bonds is 5. The Balaban J connectivity index is 1.53. The van der Waals surface area contributed by atoms with Crippen molar-refractivity contribution in [1.82, 2.24) is 20.2 Å². The molecule has 2 aromatic carbocycles. The van der Waals surface area contributed by atoms with Crippen molar-refractivity contribution in [2.24, 2.45) is 5.92 Å². The molecule has 4 rings (SSSR count). The summed E-state index contributed by atoms with van der Waals surface area (Å²) in [5.41, 5.74) is 3.45. The fraction of sp³-hybridized carbons (Fsp3) is 0.318. The zero-order valence-electron chi connectivity index (χ0n) is 16.3. The number of carbonyl (C=O) groups excluding carboxylic acids is 2. The number of hydrogen-bond donors (Lipinski definition) is 2. The summed E-state index contributed by atoms with van der Waals surface area (Å²) >= 11 is 0. The maximum atomic E-state index is 13.0. The molecular weight excluding hydrogens is 352 g/mol. The van der Waals surface area contributed by atoms with Crippen LogP contribution >= 0.6 is 0 Å². The number of para-hydroxylation sites is 2. The molecule has 0 bridgehead atoms. The smallest absolute Gasteiger partial charge is 0.255 e. The van der Waals surface area contributed by atoms with Crippen molar-refractivity contribution >= 4 is 22.8 Å². The third kappa shape index (κ3) is 3.15. The molecule has 0 radical (unpaired) electrons. The lowest BCUT2D eigenvalue weighted by atomic mass is 10.0. The van der Waals surface area contributed by atoms with Crippen LogP contribution in [-0.2, 0) is 11.3 Å². The summed E-state index contributed by atoms with van der Waals surface area (Å²) in [5.74, 6) is 0.597. The standard InChI is InChI=1S/C22H24N4O2/c1-13(2)19(20-23-17-10-6-7-11-18(17)24-20)25-21(27)14(3)26-12-15-8-4-5-9-16(15)22(26)28/h4-11,13-14,19H,12H2,1-3H3,(H,23,24)(H,25,27)/t14-,19+/m0/s1. The van der Waals surface area contributed by atoms with Crippen molar-refractivity contribution in [3.05, 3.63) is 65.5 Å². The first kappa shape index (κ1) is 18.2. The van der Waals surface area contributed by atoms with Crippen molar-refractivity contribution in [3.63, 3.8) is 0 Å². The Morgan fingerprint density at radius 2 is 1.82 bits per heavy atom. The van der Waals surface area contributed by atoms with E-state index in [2.05, 4.69) is 15.3 Å². The summed E-state index contributed by atoms with van der Waals surface area (Å²) in [5, 5.41) is 3.09. The molecule has 2 heterocycles. The van der Waals surface area contributed by atoms with Crippen molar-refractivity contribution in [3.8, 4) is 0 Å². The minimum Gasteiger partial charge on any atom is -0.344 e. The van der Waals surface area contributed by atoms with Gasteiger partial charge in [-0.15, -0.1) is 0 Å². The van der Waals surface area contributed by atoms with Gasteiger partial charge in [-0.05, 0) is 36.6 Å². The highest BCUT2D eigenvalue weighted by Crippen LogP contribution is 2.26. The Morgan fingerprint density at radius 1 is 1.11 bits per heavy atom. The van der Waals surface area contributed by atoms with Crippen molar-refractivity contribution < 1.29 is 9.59 Å². The summed E-state index contributed by atoms with van der Waals surface area (Å²) in [6.45, 7) is 6.31. The highest BCUT2D eigenvalue weighted by molar-refractivity contribution is 6.01. The number of aromatic nitrogens is 2. The third-order valence-electron chi connectivity index (χ3n) is 5.36. The predicted molar refractivity (Wildman–Crippen MR) is 108 cm³/mol. The number of hydrogen-bond acceptors (Lipinski definition) is 3. The highest BCUT2D eigenvalue weighted by atomic mass is 16.2. The van der Waals surface area contributed by atoms with Gasteiger partial charge < -0.3 is 15.2 Å². The van der Waals surface area contributed by atoms with Gasteiger partial charge in [-0.25, -0.2) is 4.98 Å². The van der Waals surface area contributed by atoms with Gasteiger partial charge in [-0.2, -0.15) is 0 Å². The quantitative estimate of drug-likeness (QED) is 0.716. The van der Waals surface area contributed by atoms with E-state index in [9.17, 15) is 9.59 Å². The molecule has 0 unspecified atom stereocenters. The molecule has 0 fully saturated rings. The van der Waals surface area contributed by atoms with Crippen LogP contribution in [0.1, 0.15) is 48.6 Å². The van der Waals surface area contributed by atoms with E-state index in [0.717, 1.165) is 22.4 Å². The van der Waals surface area contributed by atoms with Gasteiger partial charge in [0, 0.05) is 12.1 Å².